The number of rotatable bonds is 4. The summed E-state index contributed by atoms with van der Waals surface area (Å²) in [7, 11) is -0.678. The molecule has 8 heteroatoms. The Labute approximate surface area is 117 Å². The number of nitrogens with zero attached hydrogens (tertiary/aromatic N) is 3. The van der Waals surface area contributed by atoms with Gasteiger partial charge in [0, 0.05) is 20.6 Å². The minimum absolute atomic E-state index is 0.0231. The third-order valence-corrected chi connectivity index (χ3v) is 4.84. The second-order valence-electron chi connectivity index (χ2n) is 4.47. The fourth-order valence-electron chi connectivity index (χ4n) is 1.84. The first kappa shape index (κ1) is 14.4. The van der Waals surface area contributed by atoms with E-state index in [1.54, 1.807) is 19.2 Å². The van der Waals surface area contributed by atoms with E-state index in [0.29, 0.717) is 0 Å². The average Bonchev–Trinajstić information content (AvgIpc) is 2.72. The Morgan fingerprint density at radius 3 is 2.45 bits per heavy atom. The largest absolute Gasteiger partial charge is 0.508 e. The van der Waals surface area contributed by atoms with Crippen molar-refractivity contribution >= 4 is 15.8 Å². The monoisotopic (exact) mass is 296 g/mol. The van der Waals surface area contributed by atoms with E-state index >= 15 is 0 Å². The molecule has 0 bridgehead atoms. The molecule has 7 nitrogen and oxygen atoms in total. The number of aromatic hydroxyl groups is 1. The zero-order chi connectivity index (χ0) is 14.9. The molecule has 20 heavy (non-hydrogen) atoms. The first-order valence-electron chi connectivity index (χ1n) is 5.83. The van der Waals surface area contributed by atoms with E-state index in [4.69, 9.17) is 5.73 Å². The first-order chi connectivity index (χ1) is 9.32. The quantitative estimate of drug-likeness (QED) is 0.857. The highest BCUT2D eigenvalue weighted by Gasteiger charge is 2.27. The number of aryl methyl sites for hydroxylation is 1. The zero-order valence-electron chi connectivity index (χ0n) is 11.2. The third-order valence-electron chi connectivity index (χ3n) is 2.91. The number of nitrogen functional groups attached to an aromatic ring is 1. The highest BCUT2D eigenvalue weighted by atomic mass is 32.2. The van der Waals surface area contributed by atoms with Gasteiger partial charge in [0.1, 0.15) is 5.75 Å². The predicted octanol–water partition coefficient (Wildman–Crippen LogP) is 0.529. The summed E-state index contributed by atoms with van der Waals surface area (Å²) >= 11 is 0. The normalized spacial score (nSPS) is 11.9. The van der Waals surface area contributed by atoms with Crippen molar-refractivity contribution in [2.24, 2.45) is 7.05 Å². The summed E-state index contributed by atoms with van der Waals surface area (Å²) < 4.78 is 27.4. The molecule has 2 aromatic rings. The van der Waals surface area contributed by atoms with Crippen LogP contribution in [0.1, 0.15) is 5.56 Å². The smallest absolute Gasteiger partial charge is 0.262 e. The SMILES string of the molecule is CN(Cc1ccc(O)cc1)S(=O)(=O)c1c(N)ncn1C. The van der Waals surface area contributed by atoms with Crippen molar-refractivity contribution in [3.05, 3.63) is 36.2 Å². The van der Waals surface area contributed by atoms with Gasteiger partial charge in [-0.15, -0.1) is 0 Å². The van der Waals surface area contributed by atoms with Gasteiger partial charge in [0.15, 0.2) is 10.8 Å². The highest BCUT2D eigenvalue weighted by Crippen LogP contribution is 2.21. The Kier molecular flexibility index (Phi) is 3.69. The van der Waals surface area contributed by atoms with Crippen molar-refractivity contribution in [3.8, 4) is 5.75 Å². The Morgan fingerprint density at radius 2 is 1.95 bits per heavy atom. The molecule has 0 spiro atoms. The van der Waals surface area contributed by atoms with Crippen LogP contribution in [-0.2, 0) is 23.6 Å². The molecule has 1 heterocycles. The Bertz CT molecular complexity index is 687. The van der Waals surface area contributed by atoms with Crippen molar-refractivity contribution in [2.75, 3.05) is 12.8 Å². The fourth-order valence-corrected chi connectivity index (χ4v) is 3.18. The number of anilines is 1. The summed E-state index contributed by atoms with van der Waals surface area (Å²) in [6.07, 6.45) is 1.36. The summed E-state index contributed by atoms with van der Waals surface area (Å²) in [5.74, 6) is 0.111. The van der Waals surface area contributed by atoms with E-state index in [9.17, 15) is 13.5 Å². The van der Waals surface area contributed by atoms with Gasteiger partial charge in [-0.3, -0.25) is 0 Å². The summed E-state index contributed by atoms with van der Waals surface area (Å²) in [5.41, 5.74) is 6.37. The molecule has 2 rings (SSSR count). The summed E-state index contributed by atoms with van der Waals surface area (Å²) in [5, 5.41) is 9.18. The van der Waals surface area contributed by atoms with Crippen molar-refractivity contribution in [1.82, 2.24) is 13.9 Å². The molecular formula is C12H16N4O3S. The molecule has 3 N–H and O–H groups in total. The molecule has 108 valence electrons. The van der Waals surface area contributed by atoms with Gasteiger partial charge in [-0.05, 0) is 17.7 Å². The van der Waals surface area contributed by atoms with Crippen LogP contribution in [0.15, 0.2) is 35.6 Å². The zero-order valence-corrected chi connectivity index (χ0v) is 12.0. The molecule has 0 radical (unpaired) electrons. The van der Waals surface area contributed by atoms with Crippen molar-refractivity contribution < 1.29 is 13.5 Å². The molecular weight excluding hydrogens is 280 g/mol. The van der Waals surface area contributed by atoms with E-state index in [1.165, 1.54) is 34.4 Å². The lowest BCUT2D eigenvalue weighted by molar-refractivity contribution is 0.459. The number of nitrogens with two attached hydrogens (primary N) is 1. The van der Waals surface area contributed by atoms with Gasteiger partial charge in [0.25, 0.3) is 10.0 Å². The van der Waals surface area contributed by atoms with E-state index in [-0.39, 0.29) is 23.1 Å². The van der Waals surface area contributed by atoms with E-state index in [2.05, 4.69) is 4.98 Å². The standard InChI is InChI=1S/C12H16N4O3S/c1-15-8-14-11(13)12(15)20(18,19)16(2)7-9-3-5-10(17)6-4-9/h3-6,8,17H,7,13H2,1-2H3. The maximum absolute atomic E-state index is 12.4. The molecule has 0 saturated heterocycles. The lowest BCUT2D eigenvalue weighted by Crippen LogP contribution is -2.28. The number of phenols is 1. The number of benzene rings is 1. The Hall–Kier alpha value is -2.06. The average molecular weight is 296 g/mol. The van der Waals surface area contributed by atoms with Crippen LogP contribution in [0.5, 0.6) is 5.75 Å². The highest BCUT2D eigenvalue weighted by molar-refractivity contribution is 7.89. The van der Waals surface area contributed by atoms with Crippen LogP contribution < -0.4 is 5.73 Å². The van der Waals surface area contributed by atoms with Gasteiger partial charge in [-0.25, -0.2) is 13.4 Å². The predicted molar refractivity (Wildman–Crippen MR) is 74.4 cm³/mol. The van der Waals surface area contributed by atoms with E-state index in [0.717, 1.165) is 5.56 Å². The first-order valence-corrected chi connectivity index (χ1v) is 7.27. The number of hydrogen-bond acceptors (Lipinski definition) is 5. The summed E-state index contributed by atoms with van der Waals surface area (Å²) in [6.45, 7) is 0.174. The van der Waals surface area contributed by atoms with Gasteiger partial charge in [0.05, 0.1) is 6.33 Å². The minimum Gasteiger partial charge on any atom is -0.508 e. The molecule has 1 aromatic heterocycles. The Morgan fingerprint density at radius 1 is 1.35 bits per heavy atom. The number of aromatic nitrogens is 2. The topological polar surface area (TPSA) is 101 Å². The molecule has 0 aliphatic heterocycles. The molecule has 0 aliphatic rings. The van der Waals surface area contributed by atoms with Crippen LogP contribution in [0.3, 0.4) is 0 Å². The molecule has 0 unspecified atom stereocenters. The lowest BCUT2D eigenvalue weighted by atomic mass is 10.2. The molecule has 0 atom stereocenters. The van der Waals surface area contributed by atoms with Crippen molar-refractivity contribution in [3.63, 3.8) is 0 Å². The van der Waals surface area contributed by atoms with Gasteiger partial charge >= 0.3 is 0 Å². The number of hydrogen-bond donors (Lipinski definition) is 2. The molecule has 1 aromatic carbocycles. The van der Waals surface area contributed by atoms with E-state index in [1.807, 2.05) is 0 Å². The van der Waals surface area contributed by atoms with Crippen molar-refractivity contribution in [2.45, 2.75) is 11.6 Å². The second kappa shape index (κ2) is 5.14. The van der Waals surface area contributed by atoms with Crippen LogP contribution in [0, 0.1) is 0 Å². The van der Waals surface area contributed by atoms with Gasteiger partial charge in [-0.1, -0.05) is 12.1 Å². The van der Waals surface area contributed by atoms with Gasteiger partial charge in [-0.2, -0.15) is 4.31 Å². The van der Waals surface area contributed by atoms with Gasteiger partial charge in [0.2, 0.25) is 0 Å². The van der Waals surface area contributed by atoms with Crippen molar-refractivity contribution in [1.29, 1.82) is 0 Å². The van der Waals surface area contributed by atoms with E-state index < -0.39 is 10.0 Å². The minimum atomic E-state index is -3.72. The molecule has 0 aliphatic carbocycles. The molecule has 0 saturated carbocycles. The molecule has 0 amide bonds. The van der Waals surface area contributed by atoms with Crippen LogP contribution in [0.4, 0.5) is 5.82 Å². The van der Waals surface area contributed by atoms with Crippen LogP contribution >= 0.6 is 0 Å². The third kappa shape index (κ3) is 2.61. The maximum Gasteiger partial charge on any atom is 0.262 e. The summed E-state index contributed by atoms with van der Waals surface area (Å²) in [6, 6.07) is 6.34. The Balaban J connectivity index is 2.28. The van der Waals surface area contributed by atoms with Gasteiger partial charge < -0.3 is 15.4 Å². The number of sulfonamides is 1. The van der Waals surface area contributed by atoms with Crippen LogP contribution in [-0.4, -0.2) is 34.4 Å². The number of phenolic OH excluding ortho intramolecular Hbond substituents is 1. The number of imidazole rings is 1. The fraction of sp³-hybridized carbons (Fsp3) is 0.250. The summed E-state index contributed by atoms with van der Waals surface area (Å²) in [4.78, 5) is 3.79. The second-order valence-corrected chi connectivity index (χ2v) is 6.43. The lowest BCUT2D eigenvalue weighted by Gasteiger charge is -2.17. The molecule has 0 fully saturated rings. The maximum atomic E-state index is 12.4. The van der Waals surface area contributed by atoms with Crippen LogP contribution in [0.25, 0.3) is 0 Å². The van der Waals surface area contributed by atoms with Crippen LogP contribution in [0.2, 0.25) is 0 Å².